The van der Waals surface area contributed by atoms with Crippen molar-refractivity contribution in [3.8, 4) is 0 Å². The van der Waals surface area contributed by atoms with Gasteiger partial charge in [-0.3, -0.25) is 24.7 Å². The average molecular weight is 546 g/mol. The number of carbonyl (C=O) groups excluding carboxylic acids is 2. The van der Waals surface area contributed by atoms with Crippen molar-refractivity contribution in [2.75, 3.05) is 19.6 Å². The molecule has 1 atom stereocenters. The number of nitrogens with zero attached hydrogens (tertiary/aromatic N) is 3. The summed E-state index contributed by atoms with van der Waals surface area (Å²) in [5.74, 6) is -0.304. The smallest absolute Gasteiger partial charge is 0.283 e. The van der Waals surface area contributed by atoms with E-state index in [1.54, 1.807) is 29.4 Å². The molecule has 3 aromatic rings. The summed E-state index contributed by atoms with van der Waals surface area (Å²) >= 11 is 1.34. The summed E-state index contributed by atoms with van der Waals surface area (Å²) in [6.07, 6.45) is 3.32. The summed E-state index contributed by atoms with van der Waals surface area (Å²) < 4.78 is 0. The van der Waals surface area contributed by atoms with Gasteiger partial charge in [0.2, 0.25) is 5.91 Å². The number of hydrogen-bond donors (Lipinski definition) is 2. The molecular formula is C29H31N5O4S. The molecule has 4 rings (SSSR count). The van der Waals surface area contributed by atoms with E-state index in [2.05, 4.69) is 36.0 Å². The number of amides is 2. The number of rotatable bonds is 9. The maximum Gasteiger partial charge on any atom is 0.283 e. The molecular weight excluding hydrogens is 514 g/mol. The zero-order valence-corrected chi connectivity index (χ0v) is 22.7. The van der Waals surface area contributed by atoms with E-state index < -0.39 is 11.0 Å². The Labute approximate surface area is 231 Å². The van der Waals surface area contributed by atoms with Crippen LogP contribution in [0.15, 0.2) is 83.4 Å². The first kappa shape index (κ1) is 28.0. The zero-order chi connectivity index (χ0) is 27.9. The molecule has 0 bridgehead atoms. The van der Waals surface area contributed by atoms with Crippen LogP contribution in [-0.4, -0.2) is 52.3 Å². The second-order valence-corrected chi connectivity index (χ2v) is 10.6. The summed E-state index contributed by atoms with van der Waals surface area (Å²) in [5.41, 5.74) is 2.48. The lowest BCUT2D eigenvalue weighted by atomic mass is 10.0. The molecule has 2 N–H and O–H groups in total. The largest absolute Gasteiger partial charge is 0.351 e. The SMILES string of the molecule is C=C(C(=O)N1CCNC(C(=O)NCc2ccncc2)C1)c1ccc(Sc2ccccc2C(C)C)c([N+](=O)[O-])c1. The number of benzene rings is 2. The van der Waals surface area contributed by atoms with E-state index in [1.807, 2.05) is 36.4 Å². The van der Waals surface area contributed by atoms with Gasteiger partial charge < -0.3 is 15.5 Å². The Morgan fingerprint density at radius 1 is 1.18 bits per heavy atom. The van der Waals surface area contributed by atoms with Crippen LogP contribution in [0, 0.1) is 10.1 Å². The Balaban J connectivity index is 1.45. The molecule has 1 unspecified atom stereocenters. The number of nitro groups is 1. The molecule has 10 heteroatoms. The molecule has 0 spiro atoms. The van der Waals surface area contributed by atoms with E-state index in [9.17, 15) is 19.7 Å². The molecule has 202 valence electrons. The van der Waals surface area contributed by atoms with E-state index in [-0.39, 0.29) is 35.5 Å². The molecule has 2 heterocycles. The maximum absolute atomic E-state index is 13.3. The van der Waals surface area contributed by atoms with Crippen molar-refractivity contribution in [3.05, 3.63) is 100 Å². The van der Waals surface area contributed by atoms with Crippen molar-refractivity contribution in [3.63, 3.8) is 0 Å². The topological polar surface area (TPSA) is 117 Å². The zero-order valence-electron chi connectivity index (χ0n) is 21.9. The molecule has 1 aliphatic rings. The summed E-state index contributed by atoms with van der Waals surface area (Å²) in [6, 6.07) is 15.7. The van der Waals surface area contributed by atoms with Gasteiger partial charge in [-0.25, -0.2) is 0 Å². The average Bonchev–Trinajstić information content (AvgIpc) is 2.96. The van der Waals surface area contributed by atoms with Crippen molar-refractivity contribution in [2.24, 2.45) is 0 Å². The first-order valence-electron chi connectivity index (χ1n) is 12.7. The van der Waals surface area contributed by atoms with Crippen LogP contribution in [0.3, 0.4) is 0 Å². The van der Waals surface area contributed by atoms with E-state index in [0.717, 1.165) is 16.0 Å². The molecule has 0 radical (unpaired) electrons. The minimum atomic E-state index is -0.577. The van der Waals surface area contributed by atoms with Crippen LogP contribution in [0.4, 0.5) is 5.69 Å². The predicted molar refractivity (Wildman–Crippen MR) is 151 cm³/mol. The fourth-order valence-corrected chi connectivity index (χ4v) is 5.52. The molecule has 39 heavy (non-hydrogen) atoms. The highest BCUT2D eigenvalue weighted by Crippen LogP contribution is 2.39. The maximum atomic E-state index is 13.3. The molecule has 1 fully saturated rings. The van der Waals surface area contributed by atoms with Crippen molar-refractivity contribution < 1.29 is 14.5 Å². The highest BCUT2D eigenvalue weighted by molar-refractivity contribution is 7.99. The van der Waals surface area contributed by atoms with Crippen LogP contribution in [0.1, 0.15) is 36.5 Å². The van der Waals surface area contributed by atoms with Crippen molar-refractivity contribution >= 4 is 34.8 Å². The number of piperazine rings is 1. The molecule has 1 aromatic heterocycles. The Bertz CT molecular complexity index is 1380. The fraction of sp³-hybridized carbons (Fsp3) is 0.276. The first-order chi connectivity index (χ1) is 18.7. The van der Waals surface area contributed by atoms with Gasteiger partial charge in [0.15, 0.2) is 0 Å². The lowest BCUT2D eigenvalue weighted by molar-refractivity contribution is -0.387. The third-order valence-corrected chi connectivity index (χ3v) is 7.68. The van der Waals surface area contributed by atoms with E-state index in [4.69, 9.17) is 0 Å². The van der Waals surface area contributed by atoms with Crippen LogP contribution in [0.25, 0.3) is 5.57 Å². The van der Waals surface area contributed by atoms with Gasteiger partial charge in [-0.2, -0.15) is 0 Å². The third-order valence-electron chi connectivity index (χ3n) is 6.52. The minimum Gasteiger partial charge on any atom is -0.351 e. The quantitative estimate of drug-likeness (QED) is 0.233. The van der Waals surface area contributed by atoms with Crippen LogP contribution in [0.2, 0.25) is 0 Å². The summed E-state index contributed by atoms with van der Waals surface area (Å²) in [4.78, 5) is 44.5. The Morgan fingerprint density at radius 3 is 2.64 bits per heavy atom. The van der Waals surface area contributed by atoms with E-state index in [0.29, 0.717) is 30.1 Å². The highest BCUT2D eigenvalue weighted by atomic mass is 32.2. The van der Waals surface area contributed by atoms with Crippen LogP contribution in [0.5, 0.6) is 0 Å². The fourth-order valence-electron chi connectivity index (χ4n) is 4.34. The number of pyridine rings is 1. The minimum absolute atomic E-state index is 0.0845. The summed E-state index contributed by atoms with van der Waals surface area (Å²) in [6.45, 7) is 9.48. The monoisotopic (exact) mass is 545 g/mol. The molecule has 0 aliphatic carbocycles. The number of carbonyl (C=O) groups is 2. The van der Waals surface area contributed by atoms with Gasteiger partial charge in [-0.05, 0) is 46.9 Å². The van der Waals surface area contributed by atoms with Crippen molar-refractivity contribution in [1.82, 2.24) is 20.5 Å². The number of aromatic nitrogens is 1. The van der Waals surface area contributed by atoms with E-state index >= 15 is 0 Å². The predicted octanol–water partition coefficient (Wildman–Crippen LogP) is 4.39. The van der Waals surface area contributed by atoms with Gasteiger partial charge in [0, 0.05) is 55.1 Å². The molecule has 0 saturated carbocycles. The van der Waals surface area contributed by atoms with Crippen molar-refractivity contribution in [2.45, 2.75) is 42.1 Å². The van der Waals surface area contributed by atoms with Gasteiger partial charge in [-0.1, -0.05) is 56.5 Å². The molecule has 9 nitrogen and oxygen atoms in total. The third kappa shape index (κ3) is 6.90. The lowest BCUT2D eigenvalue weighted by Crippen LogP contribution is -2.58. The Morgan fingerprint density at radius 2 is 1.92 bits per heavy atom. The molecule has 2 aromatic carbocycles. The summed E-state index contributed by atoms with van der Waals surface area (Å²) in [7, 11) is 0. The second kappa shape index (κ2) is 12.7. The van der Waals surface area contributed by atoms with Gasteiger partial charge in [0.05, 0.1) is 9.82 Å². The van der Waals surface area contributed by atoms with E-state index in [1.165, 1.54) is 17.8 Å². The Kier molecular flexibility index (Phi) is 9.11. The normalized spacial score (nSPS) is 15.2. The highest BCUT2D eigenvalue weighted by Gasteiger charge is 2.30. The van der Waals surface area contributed by atoms with Crippen LogP contribution < -0.4 is 10.6 Å². The lowest BCUT2D eigenvalue weighted by Gasteiger charge is -2.33. The second-order valence-electron chi connectivity index (χ2n) is 9.54. The standard InChI is InChI=1S/C29H31N5O4S/c1-19(2)23-6-4-5-7-26(23)39-27-9-8-22(16-25(27)34(37)38)20(3)29(36)33-15-14-31-24(18-33)28(35)32-17-21-10-12-30-13-11-21/h4-13,16,19,24,31H,3,14-15,17-18H2,1-2H3,(H,32,35). The van der Waals surface area contributed by atoms with Gasteiger partial charge in [0.1, 0.15) is 6.04 Å². The van der Waals surface area contributed by atoms with Gasteiger partial charge in [-0.15, -0.1) is 0 Å². The molecule has 1 saturated heterocycles. The number of hydrogen-bond acceptors (Lipinski definition) is 7. The van der Waals surface area contributed by atoms with Crippen LogP contribution >= 0.6 is 11.8 Å². The molecule has 2 amide bonds. The first-order valence-corrected chi connectivity index (χ1v) is 13.5. The van der Waals surface area contributed by atoms with Crippen molar-refractivity contribution in [1.29, 1.82) is 0 Å². The van der Waals surface area contributed by atoms with Gasteiger partial charge >= 0.3 is 0 Å². The molecule has 1 aliphatic heterocycles. The summed E-state index contributed by atoms with van der Waals surface area (Å²) in [5, 5.41) is 18.0. The number of nitro benzene ring substituents is 1. The van der Waals surface area contributed by atoms with Gasteiger partial charge in [0.25, 0.3) is 11.6 Å². The van der Waals surface area contributed by atoms with Crippen LogP contribution in [-0.2, 0) is 16.1 Å². The Hall–Kier alpha value is -4.02. The number of nitrogens with one attached hydrogen (secondary N) is 2.